The second kappa shape index (κ2) is 6.80. The Morgan fingerprint density at radius 1 is 1.26 bits per heavy atom. The first-order chi connectivity index (χ1) is 8.59. The van der Waals surface area contributed by atoms with Gasteiger partial charge in [0.2, 0.25) is 5.91 Å². The molecule has 0 bridgehead atoms. The zero-order valence-corrected chi connectivity index (χ0v) is 12.5. The van der Waals surface area contributed by atoms with Crippen LogP contribution in [0.3, 0.4) is 0 Å². The highest BCUT2D eigenvalue weighted by atomic mass is 35.5. The van der Waals surface area contributed by atoms with E-state index in [9.17, 15) is 4.79 Å². The minimum atomic E-state index is 0. The van der Waals surface area contributed by atoms with Crippen molar-refractivity contribution in [3.63, 3.8) is 0 Å². The molecule has 2 N–H and O–H groups in total. The summed E-state index contributed by atoms with van der Waals surface area (Å²) >= 11 is 0. The minimum Gasteiger partial charge on any atom is -0.399 e. The van der Waals surface area contributed by atoms with Gasteiger partial charge in [-0.25, -0.2) is 0 Å². The number of halogens is 1. The predicted molar refractivity (Wildman–Crippen MR) is 81.4 cm³/mol. The summed E-state index contributed by atoms with van der Waals surface area (Å²) in [6.45, 7) is 4.27. The topological polar surface area (TPSA) is 46.3 Å². The molecule has 3 nitrogen and oxygen atoms in total. The van der Waals surface area contributed by atoms with E-state index in [1.165, 1.54) is 0 Å². The molecule has 2 rings (SSSR count). The SMILES string of the molecule is CC1CCC(C)N1C(=O)CCc1ccccc1N.Cl. The average molecular weight is 283 g/mol. The molecule has 0 aromatic heterocycles. The zero-order chi connectivity index (χ0) is 13.1. The van der Waals surface area contributed by atoms with Crippen LogP contribution in [0.25, 0.3) is 0 Å². The maximum Gasteiger partial charge on any atom is 0.223 e. The number of carbonyl (C=O) groups excluding carboxylic acids is 1. The molecule has 1 fully saturated rings. The highest BCUT2D eigenvalue weighted by Gasteiger charge is 2.30. The number of nitrogen functional groups attached to an aromatic ring is 1. The lowest BCUT2D eigenvalue weighted by atomic mass is 10.1. The van der Waals surface area contributed by atoms with Gasteiger partial charge in [-0.3, -0.25) is 4.79 Å². The van der Waals surface area contributed by atoms with Crippen LogP contribution in [0.1, 0.15) is 38.7 Å². The number of likely N-dealkylation sites (tertiary alicyclic amines) is 1. The van der Waals surface area contributed by atoms with Crippen LogP contribution in [0.15, 0.2) is 24.3 Å². The Morgan fingerprint density at radius 2 is 1.84 bits per heavy atom. The van der Waals surface area contributed by atoms with Crippen molar-refractivity contribution in [2.24, 2.45) is 0 Å². The average Bonchev–Trinajstić information content (AvgIpc) is 2.68. The lowest BCUT2D eigenvalue weighted by Gasteiger charge is -2.26. The van der Waals surface area contributed by atoms with Gasteiger partial charge in [-0.05, 0) is 44.7 Å². The first-order valence-electron chi connectivity index (χ1n) is 6.74. The van der Waals surface area contributed by atoms with Crippen LogP contribution < -0.4 is 5.73 Å². The van der Waals surface area contributed by atoms with E-state index in [2.05, 4.69) is 13.8 Å². The summed E-state index contributed by atoms with van der Waals surface area (Å²) in [5.41, 5.74) is 7.75. The van der Waals surface area contributed by atoms with Crippen LogP contribution in [0, 0.1) is 0 Å². The van der Waals surface area contributed by atoms with E-state index in [1.54, 1.807) is 0 Å². The van der Waals surface area contributed by atoms with Gasteiger partial charge in [-0.15, -0.1) is 12.4 Å². The summed E-state index contributed by atoms with van der Waals surface area (Å²) in [6.07, 6.45) is 3.55. The van der Waals surface area contributed by atoms with Gasteiger partial charge in [0.25, 0.3) is 0 Å². The highest BCUT2D eigenvalue weighted by Crippen LogP contribution is 2.25. The molecule has 1 aliphatic rings. The predicted octanol–water partition coefficient (Wildman–Crippen LogP) is 3.02. The van der Waals surface area contributed by atoms with Crippen molar-refractivity contribution in [2.75, 3.05) is 5.73 Å². The minimum absolute atomic E-state index is 0. The molecule has 19 heavy (non-hydrogen) atoms. The third-order valence-corrected chi connectivity index (χ3v) is 3.90. The number of anilines is 1. The maximum atomic E-state index is 12.2. The Hall–Kier alpha value is -1.22. The van der Waals surface area contributed by atoms with Crippen molar-refractivity contribution in [2.45, 2.75) is 51.6 Å². The van der Waals surface area contributed by atoms with Crippen LogP contribution in [0.5, 0.6) is 0 Å². The first kappa shape index (κ1) is 15.8. The van der Waals surface area contributed by atoms with Gasteiger partial charge in [0, 0.05) is 24.2 Å². The number of amides is 1. The van der Waals surface area contributed by atoms with Gasteiger partial charge >= 0.3 is 0 Å². The van der Waals surface area contributed by atoms with Crippen molar-refractivity contribution in [1.29, 1.82) is 0 Å². The van der Waals surface area contributed by atoms with Crippen molar-refractivity contribution >= 4 is 24.0 Å². The Balaban J connectivity index is 0.00000180. The quantitative estimate of drug-likeness (QED) is 0.866. The van der Waals surface area contributed by atoms with E-state index >= 15 is 0 Å². The van der Waals surface area contributed by atoms with Crippen LogP contribution in [0.4, 0.5) is 5.69 Å². The van der Waals surface area contributed by atoms with Gasteiger partial charge in [0.1, 0.15) is 0 Å². The van der Waals surface area contributed by atoms with Crippen molar-refractivity contribution < 1.29 is 4.79 Å². The summed E-state index contributed by atoms with van der Waals surface area (Å²) < 4.78 is 0. The molecule has 0 aliphatic carbocycles. The molecule has 1 heterocycles. The Labute approximate surface area is 121 Å². The molecule has 0 spiro atoms. The summed E-state index contributed by atoms with van der Waals surface area (Å²) in [6, 6.07) is 8.56. The Bertz CT molecular complexity index is 426. The monoisotopic (exact) mass is 282 g/mol. The van der Waals surface area contributed by atoms with Crippen LogP contribution in [-0.2, 0) is 11.2 Å². The van der Waals surface area contributed by atoms with E-state index < -0.39 is 0 Å². The summed E-state index contributed by atoms with van der Waals surface area (Å²) in [5, 5.41) is 0. The molecule has 2 atom stereocenters. The lowest BCUT2D eigenvalue weighted by Crippen LogP contribution is -2.38. The van der Waals surface area contributed by atoms with Gasteiger partial charge in [-0.1, -0.05) is 18.2 Å². The van der Waals surface area contributed by atoms with E-state index in [0.29, 0.717) is 18.5 Å². The molecule has 1 amide bonds. The number of rotatable bonds is 3. The summed E-state index contributed by atoms with van der Waals surface area (Å²) in [7, 11) is 0. The van der Waals surface area contributed by atoms with E-state index in [1.807, 2.05) is 29.2 Å². The third kappa shape index (κ3) is 3.63. The number of nitrogens with two attached hydrogens (primary N) is 1. The molecular formula is C15H23ClN2O. The summed E-state index contributed by atoms with van der Waals surface area (Å²) in [4.78, 5) is 14.3. The molecule has 0 saturated carbocycles. The van der Waals surface area contributed by atoms with Gasteiger partial charge in [0.05, 0.1) is 0 Å². The maximum absolute atomic E-state index is 12.2. The molecule has 1 aliphatic heterocycles. The molecule has 106 valence electrons. The number of nitrogens with zero attached hydrogens (tertiary/aromatic N) is 1. The third-order valence-electron chi connectivity index (χ3n) is 3.90. The second-order valence-electron chi connectivity index (χ2n) is 5.28. The van der Waals surface area contributed by atoms with E-state index in [4.69, 9.17) is 5.73 Å². The van der Waals surface area contributed by atoms with Gasteiger partial charge in [0.15, 0.2) is 0 Å². The zero-order valence-electron chi connectivity index (χ0n) is 11.6. The molecule has 1 saturated heterocycles. The van der Waals surface area contributed by atoms with Crippen molar-refractivity contribution in [3.8, 4) is 0 Å². The van der Waals surface area contributed by atoms with Crippen LogP contribution >= 0.6 is 12.4 Å². The molecule has 0 radical (unpaired) electrons. The van der Waals surface area contributed by atoms with Gasteiger partial charge < -0.3 is 10.6 Å². The van der Waals surface area contributed by atoms with E-state index in [-0.39, 0.29) is 18.3 Å². The van der Waals surface area contributed by atoms with Crippen molar-refractivity contribution in [1.82, 2.24) is 4.90 Å². The van der Waals surface area contributed by atoms with Crippen LogP contribution in [-0.4, -0.2) is 22.9 Å². The molecule has 2 unspecified atom stereocenters. The number of hydrogen-bond acceptors (Lipinski definition) is 2. The fourth-order valence-electron chi connectivity index (χ4n) is 2.82. The number of carbonyl (C=O) groups is 1. The van der Waals surface area contributed by atoms with Crippen molar-refractivity contribution in [3.05, 3.63) is 29.8 Å². The number of aryl methyl sites for hydroxylation is 1. The molecule has 4 heteroatoms. The number of hydrogen-bond donors (Lipinski definition) is 1. The number of benzene rings is 1. The fourth-order valence-corrected chi connectivity index (χ4v) is 2.82. The molecule has 1 aromatic rings. The summed E-state index contributed by atoms with van der Waals surface area (Å²) in [5.74, 6) is 0.260. The normalized spacial score (nSPS) is 22.1. The standard InChI is InChI=1S/C15H22N2O.ClH/c1-11-7-8-12(2)17(11)15(18)10-9-13-5-3-4-6-14(13)16;/h3-6,11-12H,7-10,16H2,1-2H3;1H. The molecule has 1 aromatic carbocycles. The second-order valence-corrected chi connectivity index (χ2v) is 5.28. The first-order valence-corrected chi connectivity index (χ1v) is 6.74. The Morgan fingerprint density at radius 3 is 2.42 bits per heavy atom. The largest absolute Gasteiger partial charge is 0.399 e. The molecular weight excluding hydrogens is 260 g/mol. The smallest absolute Gasteiger partial charge is 0.223 e. The fraction of sp³-hybridized carbons (Fsp3) is 0.533. The van der Waals surface area contributed by atoms with E-state index in [0.717, 1.165) is 30.5 Å². The van der Waals surface area contributed by atoms with Gasteiger partial charge in [-0.2, -0.15) is 0 Å². The highest BCUT2D eigenvalue weighted by molar-refractivity contribution is 5.85. The number of para-hydroxylation sites is 1. The lowest BCUT2D eigenvalue weighted by molar-refractivity contribution is -0.133. The Kier molecular flexibility index (Phi) is 5.67. The van der Waals surface area contributed by atoms with Crippen LogP contribution in [0.2, 0.25) is 0 Å².